The summed E-state index contributed by atoms with van der Waals surface area (Å²) in [5.41, 5.74) is -0.351. The zero-order valence-electron chi connectivity index (χ0n) is 31.8. The summed E-state index contributed by atoms with van der Waals surface area (Å²) in [5, 5.41) is 19.1. The third kappa shape index (κ3) is 11.6. The largest absolute Gasteiger partial charge is 0.480 e. The van der Waals surface area contributed by atoms with Gasteiger partial charge in [0.25, 0.3) is 0 Å². The first-order valence-corrected chi connectivity index (χ1v) is 18.6. The minimum Gasteiger partial charge on any atom is -0.480 e. The maximum Gasteiger partial charge on any atom is 0.410 e. The molecule has 4 rings (SSSR count). The molecule has 1 aliphatic heterocycles. The number of amides is 4. The number of hydrogen-bond donors (Lipinski definition) is 4. The molecule has 0 bridgehead atoms. The number of allylic oxidation sites excluding steroid dienone is 2. The Balaban J connectivity index is 1.42. The van der Waals surface area contributed by atoms with E-state index in [2.05, 4.69) is 16.0 Å². The fourth-order valence-electron chi connectivity index (χ4n) is 7.07. The lowest BCUT2D eigenvalue weighted by Gasteiger charge is -2.37. The van der Waals surface area contributed by atoms with E-state index < -0.39 is 34.7 Å². The zero-order valence-corrected chi connectivity index (χ0v) is 31.8. The van der Waals surface area contributed by atoms with Crippen molar-refractivity contribution in [2.24, 2.45) is 17.3 Å². The molecule has 0 unspecified atom stereocenters. The molecule has 1 aromatic carbocycles. The maximum absolute atomic E-state index is 14.2. The number of piperidine rings is 1. The SMILES string of the molecule is Cc1ccccc1C1C=CC(C[C@H](NC(=O)[C@H]2CC[C@H](CNC(=O)OC(C)(C)C)CC2)C(=O)O)(C(=O)NC2CCN(C(=O)OC(C)(C)C)CC2)C=C1. The number of aryl methyl sites for hydroxylation is 1. The standard InChI is InChI=1S/C40H58N4O8/c1-26-10-8-9-11-31(26)28-16-20-40(21-17-28,35(48)42-30-18-22-44(23-19-30)37(50)52-39(5,6)7)24-32(34(46)47)43-33(45)29-14-12-27(13-15-29)25-41-36(49)51-38(2,3)4/h8-11,16-17,20-21,27-30,32H,12-15,18-19,22-25H2,1-7H3,(H,41,49)(H,42,48)(H,43,45)(H,46,47)/t27-,28?,29-,32-,40?/m0/s1. The molecule has 1 saturated heterocycles. The Labute approximate surface area is 308 Å². The van der Waals surface area contributed by atoms with Crippen molar-refractivity contribution in [1.29, 1.82) is 0 Å². The van der Waals surface area contributed by atoms with Gasteiger partial charge in [0.2, 0.25) is 11.8 Å². The first-order valence-electron chi connectivity index (χ1n) is 18.6. The summed E-state index contributed by atoms with van der Waals surface area (Å²) in [6.45, 7) is 14.2. The Hall–Kier alpha value is -4.35. The van der Waals surface area contributed by atoms with Crippen LogP contribution in [0.2, 0.25) is 0 Å². The van der Waals surface area contributed by atoms with E-state index in [4.69, 9.17) is 9.47 Å². The normalized spacial score (nSPS) is 24.4. The van der Waals surface area contributed by atoms with Crippen molar-refractivity contribution in [1.82, 2.24) is 20.9 Å². The van der Waals surface area contributed by atoms with E-state index in [1.165, 1.54) is 0 Å². The number of alkyl carbamates (subject to hydrolysis) is 1. The summed E-state index contributed by atoms with van der Waals surface area (Å²) in [6, 6.07) is 6.44. The number of rotatable bonds is 10. The number of nitrogens with zero attached hydrogens (tertiary/aromatic N) is 1. The van der Waals surface area contributed by atoms with Crippen LogP contribution in [0.15, 0.2) is 48.6 Å². The van der Waals surface area contributed by atoms with E-state index in [-0.39, 0.29) is 48.1 Å². The molecule has 52 heavy (non-hydrogen) atoms. The van der Waals surface area contributed by atoms with Crippen LogP contribution in [0.25, 0.3) is 0 Å². The van der Waals surface area contributed by atoms with E-state index >= 15 is 0 Å². The molecule has 0 radical (unpaired) electrons. The Morgan fingerprint density at radius 2 is 1.48 bits per heavy atom. The smallest absolute Gasteiger partial charge is 0.410 e. The van der Waals surface area contributed by atoms with Crippen LogP contribution in [0, 0.1) is 24.2 Å². The molecule has 1 saturated carbocycles. The van der Waals surface area contributed by atoms with E-state index in [0.717, 1.165) is 11.1 Å². The maximum atomic E-state index is 14.2. The van der Waals surface area contributed by atoms with E-state index in [1.807, 2.05) is 64.1 Å². The van der Waals surface area contributed by atoms with Crippen LogP contribution >= 0.6 is 0 Å². The third-order valence-electron chi connectivity index (χ3n) is 9.96. The first-order chi connectivity index (χ1) is 24.3. The van der Waals surface area contributed by atoms with Crippen LogP contribution in [-0.2, 0) is 23.9 Å². The predicted molar refractivity (Wildman–Crippen MR) is 197 cm³/mol. The molecule has 4 amide bonds. The van der Waals surface area contributed by atoms with Gasteiger partial charge in [0.05, 0.1) is 5.41 Å². The van der Waals surface area contributed by atoms with Crippen LogP contribution in [0.5, 0.6) is 0 Å². The Morgan fingerprint density at radius 1 is 0.885 bits per heavy atom. The lowest BCUT2D eigenvalue weighted by atomic mass is 9.74. The molecule has 2 fully saturated rings. The molecule has 0 spiro atoms. The van der Waals surface area contributed by atoms with E-state index in [0.29, 0.717) is 58.2 Å². The van der Waals surface area contributed by atoms with Crippen LogP contribution in [0.4, 0.5) is 9.59 Å². The monoisotopic (exact) mass is 722 g/mol. The molecule has 12 nitrogen and oxygen atoms in total. The minimum absolute atomic E-state index is 0.0999. The fourth-order valence-corrected chi connectivity index (χ4v) is 7.07. The number of nitrogens with one attached hydrogen (secondary N) is 3. The summed E-state index contributed by atoms with van der Waals surface area (Å²) in [6.07, 6.45) is 9.96. The van der Waals surface area contributed by atoms with Crippen LogP contribution in [0.1, 0.15) is 104 Å². The number of carbonyl (C=O) groups is 5. The summed E-state index contributed by atoms with van der Waals surface area (Å²) in [7, 11) is 0. The molecule has 1 heterocycles. The highest BCUT2D eigenvalue weighted by Gasteiger charge is 2.42. The van der Waals surface area contributed by atoms with Crippen molar-refractivity contribution in [3.05, 3.63) is 59.7 Å². The van der Waals surface area contributed by atoms with Gasteiger partial charge in [-0.2, -0.15) is 0 Å². The van der Waals surface area contributed by atoms with Gasteiger partial charge < -0.3 is 35.4 Å². The molecular weight excluding hydrogens is 664 g/mol. The highest BCUT2D eigenvalue weighted by atomic mass is 16.6. The Bertz CT molecular complexity index is 1490. The lowest BCUT2D eigenvalue weighted by molar-refractivity contribution is -0.144. The lowest BCUT2D eigenvalue weighted by Crippen LogP contribution is -2.53. The Morgan fingerprint density at radius 3 is 2.04 bits per heavy atom. The van der Waals surface area contributed by atoms with Crippen molar-refractivity contribution in [3.8, 4) is 0 Å². The third-order valence-corrected chi connectivity index (χ3v) is 9.96. The molecule has 1 aromatic rings. The number of aliphatic carboxylic acids is 1. The fraction of sp³-hybridized carbons (Fsp3) is 0.625. The Kier molecular flexibility index (Phi) is 13.2. The number of carbonyl (C=O) groups excluding carboxylic acids is 4. The van der Waals surface area contributed by atoms with Gasteiger partial charge in [0, 0.05) is 37.5 Å². The number of likely N-dealkylation sites (tertiary alicyclic amines) is 1. The van der Waals surface area contributed by atoms with Crippen molar-refractivity contribution in [2.75, 3.05) is 19.6 Å². The van der Waals surface area contributed by atoms with Crippen LogP contribution in [-0.4, -0.2) is 82.9 Å². The molecular formula is C40H58N4O8. The van der Waals surface area contributed by atoms with Gasteiger partial charge in [0.15, 0.2) is 0 Å². The van der Waals surface area contributed by atoms with E-state index in [1.54, 1.807) is 37.8 Å². The number of hydrogen-bond acceptors (Lipinski definition) is 7. The van der Waals surface area contributed by atoms with Gasteiger partial charge in [-0.3, -0.25) is 9.59 Å². The van der Waals surface area contributed by atoms with Gasteiger partial charge in [-0.05, 0) is 110 Å². The quantitative estimate of drug-likeness (QED) is 0.214. The molecule has 4 N–H and O–H groups in total. The number of benzene rings is 1. The van der Waals surface area contributed by atoms with Crippen molar-refractivity contribution in [3.63, 3.8) is 0 Å². The van der Waals surface area contributed by atoms with E-state index in [9.17, 15) is 29.1 Å². The molecule has 286 valence electrons. The number of ether oxygens (including phenoxy) is 2. The van der Waals surface area contributed by atoms with Gasteiger partial charge in [-0.25, -0.2) is 14.4 Å². The second-order valence-corrected chi connectivity index (χ2v) is 16.6. The average molecular weight is 723 g/mol. The second kappa shape index (κ2) is 17.0. The van der Waals surface area contributed by atoms with Crippen LogP contribution in [0.3, 0.4) is 0 Å². The van der Waals surface area contributed by atoms with Gasteiger partial charge in [-0.1, -0.05) is 48.6 Å². The van der Waals surface area contributed by atoms with Crippen molar-refractivity contribution in [2.45, 2.75) is 123 Å². The molecule has 0 aromatic heterocycles. The van der Waals surface area contributed by atoms with Gasteiger partial charge in [0.1, 0.15) is 17.2 Å². The molecule has 2 aliphatic carbocycles. The first kappa shape index (κ1) is 40.4. The second-order valence-electron chi connectivity index (χ2n) is 16.6. The molecule has 3 aliphatic rings. The highest BCUT2D eigenvalue weighted by Crippen LogP contribution is 2.38. The summed E-state index contributed by atoms with van der Waals surface area (Å²) >= 11 is 0. The minimum atomic E-state index is -1.33. The summed E-state index contributed by atoms with van der Waals surface area (Å²) < 4.78 is 10.8. The van der Waals surface area contributed by atoms with Crippen LogP contribution < -0.4 is 16.0 Å². The average Bonchev–Trinajstić information content (AvgIpc) is 3.06. The summed E-state index contributed by atoms with van der Waals surface area (Å²) in [4.78, 5) is 66.7. The topological polar surface area (TPSA) is 163 Å². The van der Waals surface area contributed by atoms with Gasteiger partial charge in [-0.15, -0.1) is 0 Å². The predicted octanol–water partition coefficient (Wildman–Crippen LogP) is 6.00. The van der Waals surface area contributed by atoms with Gasteiger partial charge >= 0.3 is 18.2 Å². The number of carboxylic acids is 1. The van der Waals surface area contributed by atoms with Crippen molar-refractivity contribution >= 4 is 30.0 Å². The molecule has 12 heteroatoms. The zero-order chi connectivity index (χ0) is 38.3. The summed E-state index contributed by atoms with van der Waals surface area (Å²) in [5.74, 6) is -2.20. The van der Waals surface area contributed by atoms with Crippen molar-refractivity contribution < 1.29 is 38.6 Å². The molecule has 1 atom stereocenters. The highest BCUT2D eigenvalue weighted by molar-refractivity contribution is 5.90. The number of carboxylic acid groups (broad SMARTS) is 1.